The van der Waals surface area contributed by atoms with Crippen molar-refractivity contribution in [3.63, 3.8) is 0 Å². The van der Waals surface area contributed by atoms with Crippen LogP contribution in [0.1, 0.15) is 22.6 Å². The average Bonchev–Trinajstić information content (AvgIpc) is 3.24. The van der Waals surface area contributed by atoms with Crippen molar-refractivity contribution in [2.75, 3.05) is 6.79 Å². The number of nitrogens with two attached hydrogens (primary N) is 1. The first kappa shape index (κ1) is 20.2. The summed E-state index contributed by atoms with van der Waals surface area (Å²) in [6.07, 6.45) is 0. The van der Waals surface area contributed by atoms with Crippen LogP contribution in [-0.2, 0) is 6.61 Å². The number of ether oxygens (including phenoxy) is 4. The first-order valence-corrected chi connectivity index (χ1v) is 10.5. The number of allylic oxidation sites excluding steroid dienone is 1. The van der Waals surface area contributed by atoms with Crippen molar-refractivity contribution in [1.82, 2.24) is 0 Å². The van der Waals surface area contributed by atoms with E-state index in [9.17, 15) is 9.65 Å². The molecule has 1 atom stereocenters. The minimum atomic E-state index is -0.444. The Morgan fingerprint density at radius 1 is 1.06 bits per heavy atom. The Balaban J connectivity index is 1.48. The number of halogens is 2. The van der Waals surface area contributed by atoms with Gasteiger partial charge in [0.2, 0.25) is 12.7 Å². The monoisotopic (exact) mass is 494 g/mol. The van der Waals surface area contributed by atoms with Crippen LogP contribution < -0.4 is 24.7 Å². The molecular weight excluding hydrogens is 479 g/mol. The topological polar surface area (TPSA) is 86.7 Å². The fourth-order valence-corrected chi connectivity index (χ4v) is 4.26. The second-order valence-electron chi connectivity index (χ2n) is 7.27. The van der Waals surface area contributed by atoms with E-state index in [0.29, 0.717) is 33.0 Å². The number of rotatable bonds is 4. The van der Waals surface area contributed by atoms with Gasteiger partial charge in [-0.25, -0.2) is 4.39 Å². The van der Waals surface area contributed by atoms with Crippen LogP contribution in [0.4, 0.5) is 4.39 Å². The van der Waals surface area contributed by atoms with Crippen molar-refractivity contribution in [1.29, 1.82) is 5.26 Å². The van der Waals surface area contributed by atoms with E-state index >= 15 is 0 Å². The van der Waals surface area contributed by atoms with Gasteiger partial charge in [0.25, 0.3) is 0 Å². The third-order valence-electron chi connectivity index (χ3n) is 5.31. The molecule has 2 aliphatic rings. The van der Waals surface area contributed by atoms with Crippen molar-refractivity contribution in [3.05, 3.63) is 93.0 Å². The van der Waals surface area contributed by atoms with Gasteiger partial charge in [0.15, 0.2) is 11.5 Å². The van der Waals surface area contributed by atoms with Gasteiger partial charge < -0.3 is 24.7 Å². The summed E-state index contributed by atoms with van der Waals surface area (Å²) in [5, 5.41) is 9.78. The first-order chi connectivity index (χ1) is 15.5. The van der Waals surface area contributed by atoms with Crippen LogP contribution in [0.3, 0.4) is 0 Å². The van der Waals surface area contributed by atoms with Gasteiger partial charge in [-0.2, -0.15) is 5.26 Å². The summed E-state index contributed by atoms with van der Waals surface area (Å²) >= 11 is 3.55. The molecule has 0 bridgehead atoms. The highest BCUT2D eigenvalue weighted by molar-refractivity contribution is 9.10. The lowest BCUT2D eigenvalue weighted by molar-refractivity contribution is 0.174. The predicted octanol–water partition coefficient (Wildman–Crippen LogP) is 5.11. The molecule has 0 saturated carbocycles. The Morgan fingerprint density at radius 3 is 2.53 bits per heavy atom. The minimum absolute atomic E-state index is 0.0524. The summed E-state index contributed by atoms with van der Waals surface area (Å²) in [6.45, 7) is 0.417. The fraction of sp³-hybridized carbons (Fsp3) is 0.125. The van der Waals surface area contributed by atoms with Crippen LogP contribution in [-0.4, -0.2) is 6.79 Å². The molecule has 8 heteroatoms. The quantitative estimate of drug-likeness (QED) is 0.541. The van der Waals surface area contributed by atoms with Gasteiger partial charge in [-0.15, -0.1) is 0 Å². The number of benzene rings is 3. The van der Waals surface area contributed by atoms with E-state index < -0.39 is 5.92 Å². The highest BCUT2D eigenvalue weighted by Gasteiger charge is 2.33. The molecule has 0 aliphatic carbocycles. The zero-order valence-corrected chi connectivity index (χ0v) is 18.2. The molecule has 0 amide bonds. The largest absolute Gasteiger partial charge is 0.488 e. The minimum Gasteiger partial charge on any atom is -0.488 e. The third-order valence-corrected chi connectivity index (χ3v) is 5.93. The molecule has 2 heterocycles. The normalized spacial score (nSPS) is 16.2. The van der Waals surface area contributed by atoms with Gasteiger partial charge >= 0.3 is 0 Å². The second-order valence-corrected chi connectivity index (χ2v) is 8.13. The maximum atomic E-state index is 13.1. The molecule has 0 fully saturated rings. The maximum Gasteiger partial charge on any atom is 0.231 e. The number of hydrogen-bond donors (Lipinski definition) is 1. The average molecular weight is 495 g/mol. The zero-order chi connectivity index (χ0) is 22.2. The van der Waals surface area contributed by atoms with E-state index in [4.69, 9.17) is 24.7 Å². The van der Waals surface area contributed by atoms with Gasteiger partial charge in [-0.3, -0.25) is 0 Å². The van der Waals surface area contributed by atoms with Gasteiger partial charge in [0.1, 0.15) is 35.6 Å². The number of nitrogens with zero attached hydrogens (tertiary/aromatic N) is 1. The number of fused-ring (bicyclic) bond motifs is 2. The summed E-state index contributed by atoms with van der Waals surface area (Å²) in [4.78, 5) is 0. The second kappa shape index (κ2) is 8.09. The van der Waals surface area contributed by atoms with E-state index in [1.165, 1.54) is 12.1 Å². The third kappa shape index (κ3) is 3.61. The van der Waals surface area contributed by atoms with Crippen LogP contribution >= 0.6 is 15.9 Å². The van der Waals surface area contributed by atoms with Crippen LogP contribution in [0.5, 0.6) is 23.0 Å². The van der Waals surface area contributed by atoms with Gasteiger partial charge in [-0.05, 0) is 57.4 Å². The summed E-state index contributed by atoms with van der Waals surface area (Å²) in [5.74, 6) is 1.61. The zero-order valence-electron chi connectivity index (χ0n) is 16.6. The Morgan fingerprint density at radius 2 is 1.81 bits per heavy atom. The standard InChI is InChI=1S/C24H16BrFN2O4/c25-18-7-14(3-6-19(18)29-11-13-1-4-15(26)5-2-13)23-16-8-21-22(31-12-30-21)9-20(16)32-24(28)17(23)10-27/h1-9,23H,11-12,28H2/t23-/m0/s1. The predicted molar refractivity (Wildman–Crippen MR) is 117 cm³/mol. The molecule has 6 nitrogen and oxygen atoms in total. The Labute approximate surface area is 191 Å². The van der Waals surface area contributed by atoms with Crippen molar-refractivity contribution < 1.29 is 23.3 Å². The van der Waals surface area contributed by atoms with E-state index in [1.807, 2.05) is 24.3 Å². The lowest BCUT2D eigenvalue weighted by Gasteiger charge is -2.27. The molecule has 0 spiro atoms. The summed E-state index contributed by atoms with van der Waals surface area (Å²) in [5.41, 5.74) is 8.81. The molecule has 2 aliphatic heterocycles. The van der Waals surface area contributed by atoms with Gasteiger partial charge in [0, 0.05) is 11.6 Å². The fourth-order valence-electron chi connectivity index (χ4n) is 3.75. The van der Waals surface area contributed by atoms with Crippen LogP contribution in [0.25, 0.3) is 0 Å². The summed E-state index contributed by atoms with van der Waals surface area (Å²) in [7, 11) is 0. The Hall–Kier alpha value is -3.70. The first-order valence-electron chi connectivity index (χ1n) is 9.71. The van der Waals surface area contributed by atoms with Crippen LogP contribution in [0.2, 0.25) is 0 Å². The van der Waals surface area contributed by atoms with Crippen LogP contribution in [0, 0.1) is 17.1 Å². The molecule has 5 rings (SSSR count). The molecule has 160 valence electrons. The summed E-state index contributed by atoms with van der Waals surface area (Å²) in [6, 6.07) is 17.4. The molecule has 3 aromatic rings. The molecule has 3 aromatic carbocycles. The Bertz CT molecular complexity index is 1280. The maximum absolute atomic E-state index is 13.1. The lowest BCUT2D eigenvalue weighted by atomic mass is 9.83. The Kier molecular flexibility index (Phi) is 5.11. The van der Waals surface area contributed by atoms with Crippen molar-refractivity contribution in [3.8, 4) is 29.1 Å². The lowest BCUT2D eigenvalue weighted by Crippen LogP contribution is -2.21. The highest BCUT2D eigenvalue weighted by Crippen LogP contribution is 2.48. The van der Waals surface area contributed by atoms with E-state index in [1.54, 1.807) is 18.2 Å². The molecule has 0 unspecified atom stereocenters. The SMILES string of the molecule is N#CC1=C(N)Oc2cc3c(cc2[C@@H]1c1ccc(OCc2ccc(F)cc2)c(Br)c1)OCO3. The molecule has 0 radical (unpaired) electrons. The molecule has 32 heavy (non-hydrogen) atoms. The molecule has 2 N–H and O–H groups in total. The highest BCUT2D eigenvalue weighted by atomic mass is 79.9. The number of nitriles is 1. The smallest absolute Gasteiger partial charge is 0.231 e. The van der Waals surface area contributed by atoms with Gasteiger partial charge in [0.05, 0.1) is 10.4 Å². The summed E-state index contributed by atoms with van der Waals surface area (Å²) < 4.78 is 36.3. The van der Waals surface area contributed by atoms with E-state index in [-0.39, 0.29) is 25.1 Å². The van der Waals surface area contributed by atoms with Crippen molar-refractivity contribution in [2.24, 2.45) is 5.73 Å². The van der Waals surface area contributed by atoms with Crippen molar-refractivity contribution >= 4 is 15.9 Å². The molecular formula is C24H16BrFN2O4. The van der Waals surface area contributed by atoms with Crippen LogP contribution in [0.15, 0.2) is 70.5 Å². The molecule has 0 aromatic heterocycles. The van der Waals surface area contributed by atoms with E-state index in [0.717, 1.165) is 16.7 Å². The number of hydrogen-bond acceptors (Lipinski definition) is 6. The molecule has 0 saturated heterocycles. The van der Waals surface area contributed by atoms with Crippen molar-refractivity contribution in [2.45, 2.75) is 12.5 Å². The van der Waals surface area contributed by atoms with E-state index in [2.05, 4.69) is 22.0 Å². The van der Waals surface area contributed by atoms with Gasteiger partial charge in [-0.1, -0.05) is 18.2 Å².